The number of carbonyl (C=O) groups is 1. The first-order valence-electron chi connectivity index (χ1n) is 5.64. The van der Waals surface area contributed by atoms with Crippen molar-refractivity contribution in [2.75, 3.05) is 6.26 Å². The predicted molar refractivity (Wildman–Crippen MR) is 74.2 cm³/mol. The molecule has 0 radical (unpaired) electrons. The van der Waals surface area contributed by atoms with E-state index in [4.69, 9.17) is 0 Å². The normalized spacial score (nSPS) is 11.0. The first-order valence-corrected chi connectivity index (χ1v) is 7.53. The highest BCUT2D eigenvalue weighted by Gasteiger charge is 2.15. The van der Waals surface area contributed by atoms with Gasteiger partial charge >= 0.3 is 0 Å². The predicted octanol–water partition coefficient (Wildman–Crippen LogP) is 2.04. The number of hydrogen-bond donors (Lipinski definition) is 1. The van der Waals surface area contributed by atoms with E-state index < -0.39 is 15.9 Å². The molecule has 19 heavy (non-hydrogen) atoms. The van der Waals surface area contributed by atoms with Crippen LogP contribution in [0.15, 0.2) is 54.6 Å². The molecule has 0 atom stereocenters. The number of carbonyl (C=O) groups excluding carboxylic acids is 1. The molecule has 0 unspecified atom stereocenters. The van der Waals surface area contributed by atoms with E-state index in [0.29, 0.717) is 11.1 Å². The van der Waals surface area contributed by atoms with Gasteiger partial charge in [0.1, 0.15) is 0 Å². The van der Waals surface area contributed by atoms with E-state index in [2.05, 4.69) is 0 Å². The third-order valence-electron chi connectivity index (χ3n) is 2.53. The molecule has 5 heteroatoms. The molecule has 98 valence electrons. The fraction of sp³-hybridized carbons (Fsp3) is 0.0714. The lowest BCUT2D eigenvalue weighted by Crippen LogP contribution is -2.29. The maximum absolute atomic E-state index is 12.0. The molecule has 2 aromatic rings. The molecule has 4 nitrogen and oxygen atoms in total. The second-order valence-electron chi connectivity index (χ2n) is 4.11. The molecule has 2 rings (SSSR count). The van der Waals surface area contributed by atoms with Gasteiger partial charge in [0, 0.05) is 5.56 Å². The second kappa shape index (κ2) is 5.24. The zero-order valence-corrected chi connectivity index (χ0v) is 11.1. The van der Waals surface area contributed by atoms with Gasteiger partial charge in [0.25, 0.3) is 5.91 Å². The van der Waals surface area contributed by atoms with Crippen molar-refractivity contribution in [3.05, 3.63) is 60.2 Å². The minimum absolute atomic E-state index is 0.333. The van der Waals surface area contributed by atoms with Gasteiger partial charge in [0.2, 0.25) is 10.0 Å². The van der Waals surface area contributed by atoms with Crippen LogP contribution in [0.1, 0.15) is 10.4 Å². The highest BCUT2D eigenvalue weighted by Crippen LogP contribution is 2.23. The largest absolute Gasteiger partial charge is 0.268 e. The Kier molecular flexibility index (Phi) is 3.66. The van der Waals surface area contributed by atoms with Crippen LogP contribution in [0.5, 0.6) is 0 Å². The van der Waals surface area contributed by atoms with E-state index in [1.807, 2.05) is 35.1 Å². The molecule has 2 aromatic carbocycles. The summed E-state index contributed by atoms with van der Waals surface area (Å²) in [5.41, 5.74) is 1.89. The van der Waals surface area contributed by atoms with Gasteiger partial charge in [-0.05, 0) is 17.2 Å². The summed E-state index contributed by atoms with van der Waals surface area (Å²) in [5, 5.41) is 0. The number of hydrogen-bond acceptors (Lipinski definition) is 3. The van der Waals surface area contributed by atoms with Crippen molar-refractivity contribution < 1.29 is 13.2 Å². The number of rotatable bonds is 3. The molecule has 0 saturated heterocycles. The van der Waals surface area contributed by atoms with Gasteiger partial charge in [-0.15, -0.1) is 0 Å². The summed E-state index contributed by atoms with van der Waals surface area (Å²) in [6.45, 7) is 0. The Labute approximate surface area is 112 Å². The number of amides is 1. The standard InChI is InChI=1S/C14H13NO3S/c1-19(17,18)15-14(16)13-10-6-5-9-12(13)11-7-3-2-4-8-11/h2-10H,1H3,(H,15,16). The minimum Gasteiger partial charge on any atom is -0.268 e. The van der Waals surface area contributed by atoms with E-state index in [-0.39, 0.29) is 0 Å². The van der Waals surface area contributed by atoms with Crippen LogP contribution < -0.4 is 4.72 Å². The second-order valence-corrected chi connectivity index (χ2v) is 5.86. The Balaban J connectivity index is 2.45. The van der Waals surface area contributed by atoms with E-state index in [9.17, 15) is 13.2 Å². The quantitative estimate of drug-likeness (QED) is 0.932. The summed E-state index contributed by atoms with van der Waals surface area (Å²) in [6, 6.07) is 16.2. The van der Waals surface area contributed by atoms with Crippen molar-refractivity contribution in [3.63, 3.8) is 0 Å². The van der Waals surface area contributed by atoms with Crippen LogP contribution in [0.4, 0.5) is 0 Å². The number of sulfonamides is 1. The molecular formula is C14H13NO3S. The Morgan fingerprint density at radius 1 is 0.947 bits per heavy atom. The molecule has 1 N–H and O–H groups in total. The highest BCUT2D eigenvalue weighted by atomic mass is 32.2. The Morgan fingerprint density at radius 2 is 1.53 bits per heavy atom. The highest BCUT2D eigenvalue weighted by molar-refractivity contribution is 7.89. The molecule has 0 aliphatic heterocycles. The topological polar surface area (TPSA) is 63.2 Å². The molecule has 0 saturated carbocycles. The lowest BCUT2D eigenvalue weighted by atomic mass is 9.99. The third-order valence-corrected chi connectivity index (χ3v) is 3.09. The van der Waals surface area contributed by atoms with Gasteiger partial charge < -0.3 is 0 Å². The van der Waals surface area contributed by atoms with Crippen molar-refractivity contribution in [3.8, 4) is 11.1 Å². The van der Waals surface area contributed by atoms with Crippen LogP contribution in [0.3, 0.4) is 0 Å². The monoisotopic (exact) mass is 275 g/mol. The zero-order valence-electron chi connectivity index (χ0n) is 10.3. The average molecular weight is 275 g/mol. The van der Waals surface area contributed by atoms with Gasteiger partial charge in [-0.1, -0.05) is 48.5 Å². The summed E-state index contributed by atoms with van der Waals surface area (Å²) >= 11 is 0. The fourth-order valence-corrected chi connectivity index (χ4v) is 2.22. The van der Waals surface area contributed by atoms with Crippen LogP contribution in [0.2, 0.25) is 0 Å². The molecule has 0 aliphatic carbocycles. The minimum atomic E-state index is -3.57. The molecule has 0 fully saturated rings. The third kappa shape index (κ3) is 3.42. The van der Waals surface area contributed by atoms with E-state index in [0.717, 1.165) is 11.8 Å². The molecule has 0 bridgehead atoms. The van der Waals surface area contributed by atoms with Gasteiger partial charge in [0.05, 0.1) is 6.26 Å². The Hall–Kier alpha value is -2.14. The van der Waals surface area contributed by atoms with E-state index >= 15 is 0 Å². The van der Waals surface area contributed by atoms with Crippen molar-refractivity contribution in [1.82, 2.24) is 4.72 Å². The summed E-state index contributed by atoms with van der Waals surface area (Å²) in [4.78, 5) is 12.0. The van der Waals surface area contributed by atoms with Gasteiger partial charge in [-0.2, -0.15) is 0 Å². The molecule has 0 aliphatic rings. The van der Waals surface area contributed by atoms with Crippen LogP contribution in [0, 0.1) is 0 Å². The van der Waals surface area contributed by atoms with Crippen LogP contribution in [0.25, 0.3) is 11.1 Å². The first-order chi connectivity index (χ1) is 8.97. The molecule has 0 aromatic heterocycles. The van der Waals surface area contributed by atoms with Crippen LogP contribution in [-0.4, -0.2) is 20.6 Å². The lowest BCUT2D eigenvalue weighted by Gasteiger charge is -2.09. The summed E-state index contributed by atoms with van der Waals surface area (Å²) in [7, 11) is -3.57. The van der Waals surface area contributed by atoms with Crippen molar-refractivity contribution >= 4 is 15.9 Å². The molecule has 0 spiro atoms. The maximum Gasteiger partial charge on any atom is 0.265 e. The van der Waals surface area contributed by atoms with E-state index in [1.54, 1.807) is 24.3 Å². The van der Waals surface area contributed by atoms with Crippen LogP contribution >= 0.6 is 0 Å². The number of nitrogens with one attached hydrogen (secondary N) is 1. The fourth-order valence-electron chi connectivity index (χ4n) is 1.77. The Bertz CT molecular complexity index is 694. The van der Waals surface area contributed by atoms with Crippen molar-refractivity contribution in [1.29, 1.82) is 0 Å². The Morgan fingerprint density at radius 3 is 2.16 bits per heavy atom. The summed E-state index contributed by atoms with van der Waals surface area (Å²) < 4.78 is 24.2. The maximum atomic E-state index is 12.0. The van der Waals surface area contributed by atoms with Crippen LogP contribution in [-0.2, 0) is 10.0 Å². The lowest BCUT2D eigenvalue weighted by molar-refractivity contribution is 0.0982. The van der Waals surface area contributed by atoms with Gasteiger partial charge in [-0.25, -0.2) is 13.1 Å². The average Bonchev–Trinajstić information content (AvgIpc) is 2.38. The number of benzene rings is 2. The molecule has 0 heterocycles. The molecular weight excluding hydrogens is 262 g/mol. The summed E-state index contributed by atoms with van der Waals surface area (Å²) in [6.07, 6.45) is 0.954. The smallest absolute Gasteiger partial charge is 0.265 e. The summed E-state index contributed by atoms with van der Waals surface area (Å²) in [5.74, 6) is -0.623. The van der Waals surface area contributed by atoms with Gasteiger partial charge in [0.15, 0.2) is 0 Å². The van der Waals surface area contributed by atoms with Crippen molar-refractivity contribution in [2.24, 2.45) is 0 Å². The van der Waals surface area contributed by atoms with Gasteiger partial charge in [-0.3, -0.25) is 4.79 Å². The van der Waals surface area contributed by atoms with E-state index in [1.165, 1.54) is 0 Å². The SMILES string of the molecule is CS(=O)(=O)NC(=O)c1ccccc1-c1ccccc1. The zero-order chi connectivity index (χ0) is 13.9. The van der Waals surface area contributed by atoms with Crippen molar-refractivity contribution in [2.45, 2.75) is 0 Å². The first kappa shape index (κ1) is 13.3. The molecule has 1 amide bonds.